The van der Waals surface area contributed by atoms with E-state index in [1.807, 2.05) is 45.9 Å². The number of halogens is 1. The summed E-state index contributed by atoms with van der Waals surface area (Å²) in [4.78, 5) is 14.8. The van der Waals surface area contributed by atoms with Gasteiger partial charge in [0.1, 0.15) is 17.7 Å². The number of benzene rings is 3. The van der Waals surface area contributed by atoms with E-state index in [-0.39, 0.29) is 30.0 Å². The zero-order valence-corrected chi connectivity index (χ0v) is 21.6. The molecular formula is C30H34FNO3. The summed E-state index contributed by atoms with van der Waals surface area (Å²) in [5.74, 6) is 0.227. The minimum Gasteiger partial charge on any atom is -0.496 e. The Bertz CT molecular complexity index is 1250. The summed E-state index contributed by atoms with van der Waals surface area (Å²) in [7, 11) is 1.55. The molecule has 1 amide bonds. The van der Waals surface area contributed by atoms with Crippen molar-refractivity contribution < 1.29 is 18.7 Å². The lowest BCUT2D eigenvalue weighted by molar-refractivity contribution is 0.130. The molecule has 3 aromatic carbocycles. The molecule has 3 aromatic rings. The first-order chi connectivity index (χ1) is 16.6. The van der Waals surface area contributed by atoms with Crippen LogP contribution in [0, 0.1) is 26.6 Å². The van der Waals surface area contributed by atoms with Gasteiger partial charge in [-0.3, -0.25) is 4.90 Å². The van der Waals surface area contributed by atoms with Gasteiger partial charge < -0.3 is 9.47 Å². The van der Waals surface area contributed by atoms with E-state index >= 15 is 0 Å². The van der Waals surface area contributed by atoms with Crippen LogP contribution < -0.4 is 4.74 Å². The van der Waals surface area contributed by atoms with Gasteiger partial charge in [0.25, 0.3) is 0 Å². The molecule has 0 aromatic heterocycles. The maximum atomic E-state index is 14.7. The summed E-state index contributed by atoms with van der Waals surface area (Å²) in [5, 5.41) is 0. The van der Waals surface area contributed by atoms with Crippen LogP contribution in [-0.4, -0.2) is 24.1 Å². The van der Waals surface area contributed by atoms with Crippen molar-refractivity contribution in [3.63, 3.8) is 0 Å². The number of carbonyl (C=O) groups is 1. The molecule has 4 nitrogen and oxygen atoms in total. The highest BCUT2D eigenvalue weighted by Crippen LogP contribution is 2.39. The lowest BCUT2D eigenvalue weighted by Crippen LogP contribution is -2.31. The van der Waals surface area contributed by atoms with Gasteiger partial charge in [0.2, 0.25) is 0 Å². The van der Waals surface area contributed by atoms with E-state index in [1.165, 1.54) is 6.07 Å². The highest BCUT2D eigenvalue weighted by atomic mass is 19.1. The van der Waals surface area contributed by atoms with Crippen LogP contribution in [0.5, 0.6) is 5.75 Å². The van der Waals surface area contributed by atoms with Crippen molar-refractivity contribution in [3.8, 4) is 16.9 Å². The number of nitrogens with zero attached hydrogens (tertiary/aromatic N) is 1. The van der Waals surface area contributed by atoms with Gasteiger partial charge in [0, 0.05) is 11.6 Å². The molecule has 0 spiro atoms. The van der Waals surface area contributed by atoms with Gasteiger partial charge in [-0.15, -0.1) is 0 Å². The number of methoxy groups -OCH3 is 1. The Kier molecular flexibility index (Phi) is 6.88. The predicted octanol–water partition coefficient (Wildman–Crippen LogP) is 7.63. The number of rotatable bonds is 6. The number of cyclic esters (lactones) is 1. The minimum atomic E-state index is -0.331. The van der Waals surface area contributed by atoms with Crippen molar-refractivity contribution in [2.75, 3.05) is 7.11 Å². The summed E-state index contributed by atoms with van der Waals surface area (Å²) in [6, 6.07) is 15.6. The lowest BCUT2D eigenvalue weighted by Gasteiger charge is -2.24. The van der Waals surface area contributed by atoms with E-state index < -0.39 is 0 Å². The molecule has 1 saturated heterocycles. The van der Waals surface area contributed by atoms with Crippen LogP contribution in [0.3, 0.4) is 0 Å². The molecule has 5 heteroatoms. The molecule has 1 aliphatic heterocycles. The van der Waals surface area contributed by atoms with E-state index in [2.05, 4.69) is 38.1 Å². The topological polar surface area (TPSA) is 38.8 Å². The molecule has 2 unspecified atom stereocenters. The van der Waals surface area contributed by atoms with Crippen LogP contribution in [0.15, 0.2) is 48.5 Å². The third-order valence-electron chi connectivity index (χ3n) is 6.80. The van der Waals surface area contributed by atoms with Crippen LogP contribution in [0.1, 0.15) is 66.2 Å². The molecule has 0 saturated carbocycles. The molecule has 0 N–H and O–H groups in total. The number of ether oxygens (including phenoxy) is 2. The van der Waals surface area contributed by atoms with Gasteiger partial charge in [-0.25, -0.2) is 9.18 Å². The number of aryl methyl sites for hydroxylation is 3. The molecule has 2 atom stereocenters. The molecule has 4 rings (SSSR count). The molecule has 184 valence electrons. The average Bonchev–Trinajstić information content (AvgIpc) is 3.07. The molecule has 1 aliphatic rings. The lowest BCUT2D eigenvalue weighted by atomic mass is 9.92. The van der Waals surface area contributed by atoms with E-state index in [1.54, 1.807) is 12.0 Å². The first-order valence-corrected chi connectivity index (χ1v) is 12.1. The Morgan fingerprint density at radius 3 is 2.29 bits per heavy atom. The fourth-order valence-corrected chi connectivity index (χ4v) is 5.03. The molecule has 1 fully saturated rings. The van der Waals surface area contributed by atoms with E-state index in [4.69, 9.17) is 9.47 Å². The summed E-state index contributed by atoms with van der Waals surface area (Å²) in [6.45, 7) is 12.5. The highest BCUT2D eigenvalue weighted by Gasteiger charge is 2.40. The van der Waals surface area contributed by atoms with Crippen molar-refractivity contribution in [2.24, 2.45) is 0 Å². The fourth-order valence-electron chi connectivity index (χ4n) is 5.03. The maximum absolute atomic E-state index is 14.7. The largest absolute Gasteiger partial charge is 0.496 e. The van der Waals surface area contributed by atoms with Crippen LogP contribution in [-0.2, 0) is 11.3 Å². The van der Waals surface area contributed by atoms with Crippen LogP contribution in [0.4, 0.5) is 9.18 Å². The quantitative estimate of drug-likeness (QED) is 0.368. The Hall–Kier alpha value is -3.34. The normalized spacial score (nSPS) is 17.7. The zero-order chi connectivity index (χ0) is 25.4. The second-order valence-electron chi connectivity index (χ2n) is 9.98. The van der Waals surface area contributed by atoms with Gasteiger partial charge in [0.15, 0.2) is 0 Å². The number of hydrogen-bond acceptors (Lipinski definition) is 3. The number of amides is 1. The summed E-state index contributed by atoms with van der Waals surface area (Å²) in [5.41, 5.74) is 7.73. The van der Waals surface area contributed by atoms with Crippen LogP contribution >= 0.6 is 0 Å². The van der Waals surface area contributed by atoms with Gasteiger partial charge >= 0.3 is 6.09 Å². The van der Waals surface area contributed by atoms with Crippen molar-refractivity contribution in [2.45, 2.75) is 66.2 Å². The van der Waals surface area contributed by atoms with Crippen molar-refractivity contribution in [1.29, 1.82) is 0 Å². The highest BCUT2D eigenvalue weighted by molar-refractivity contribution is 5.76. The average molecular weight is 476 g/mol. The maximum Gasteiger partial charge on any atom is 0.411 e. The molecule has 0 bridgehead atoms. The van der Waals surface area contributed by atoms with Crippen molar-refractivity contribution in [1.82, 2.24) is 4.90 Å². The molecule has 0 aliphatic carbocycles. The minimum absolute atomic E-state index is 0.0284. The summed E-state index contributed by atoms with van der Waals surface area (Å²) < 4.78 is 26.1. The zero-order valence-electron chi connectivity index (χ0n) is 21.6. The third kappa shape index (κ3) is 4.90. The Morgan fingerprint density at radius 2 is 1.66 bits per heavy atom. The monoisotopic (exact) mass is 475 g/mol. The van der Waals surface area contributed by atoms with E-state index in [0.717, 1.165) is 38.9 Å². The molecule has 1 heterocycles. The molecule has 35 heavy (non-hydrogen) atoms. The van der Waals surface area contributed by atoms with Gasteiger partial charge in [-0.1, -0.05) is 66.9 Å². The first kappa shape index (κ1) is 24.8. The standard InChI is InChI=1S/C30H34FNO3/c1-17(2)25-14-26(28(34-7)15-27(25)31)24-9-8-18(3)11-23(24)16-32-21(6)29(35-30(32)33)22-12-19(4)10-20(5)13-22/h8-15,17,21,29H,16H2,1-7H3. The molecule has 0 radical (unpaired) electrons. The van der Waals surface area contributed by atoms with Crippen molar-refractivity contribution >= 4 is 6.09 Å². The Labute approximate surface area is 207 Å². The summed E-state index contributed by atoms with van der Waals surface area (Å²) in [6.07, 6.45) is -0.662. The summed E-state index contributed by atoms with van der Waals surface area (Å²) >= 11 is 0. The molecular weight excluding hydrogens is 441 g/mol. The fraction of sp³-hybridized carbons (Fsp3) is 0.367. The van der Waals surface area contributed by atoms with E-state index in [9.17, 15) is 9.18 Å². The third-order valence-corrected chi connectivity index (χ3v) is 6.80. The van der Waals surface area contributed by atoms with Crippen LogP contribution in [0.25, 0.3) is 11.1 Å². The first-order valence-electron chi connectivity index (χ1n) is 12.1. The van der Waals surface area contributed by atoms with Crippen molar-refractivity contribution in [3.05, 3.63) is 87.7 Å². The predicted molar refractivity (Wildman–Crippen MR) is 137 cm³/mol. The van der Waals surface area contributed by atoms with Gasteiger partial charge in [-0.2, -0.15) is 0 Å². The second kappa shape index (κ2) is 9.73. The second-order valence-corrected chi connectivity index (χ2v) is 9.98. The van der Waals surface area contributed by atoms with Gasteiger partial charge in [-0.05, 0) is 61.9 Å². The number of carbonyl (C=O) groups excluding carboxylic acids is 1. The smallest absolute Gasteiger partial charge is 0.411 e. The Morgan fingerprint density at radius 1 is 0.971 bits per heavy atom. The Balaban J connectivity index is 1.73. The van der Waals surface area contributed by atoms with E-state index in [0.29, 0.717) is 17.9 Å². The SMILES string of the molecule is COc1cc(F)c(C(C)C)cc1-c1ccc(C)cc1CN1C(=O)OC(c2cc(C)cc(C)c2)C1C. The van der Waals surface area contributed by atoms with Crippen LogP contribution in [0.2, 0.25) is 0 Å². The number of hydrogen-bond donors (Lipinski definition) is 0. The van der Waals surface area contributed by atoms with Gasteiger partial charge in [0.05, 0.1) is 19.7 Å².